The van der Waals surface area contributed by atoms with Crippen LogP contribution in [0.25, 0.3) is 22.0 Å². The van der Waals surface area contributed by atoms with Crippen LogP contribution in [0.4, 0.5) is 10.5 Å². The third-order valence-electron chi connectivity index (χ3n) is 6.81. The fourth-order valence-electron chi connectivity index (χ4n) is 5.00. The molecule has 2 aromatic carbocycles. The van der Waals surface area contributed by atoms with Crippen LogP contribution in [0.3, 0.4) is 0 Å². The molecule has 37 heavy (non-hydrogen) atoms. The number of urea groups is 1. The second-order valence-corrected chi connectivity index (χ2v) is 9.30. The molecule has 1 atom stereocenters. The predicted octanol–water partition coefficient (Wildman–Crippen LogP) is 4.02. The number of hydrazine groups is 1. The Bertz CT molecular complexity index is 1570. The predicted molar refractivity (Wildman–Crippen MR) is 141 cm³/mol. The van der Waals surface area contributed by atoms with Gasteiger partial charge in [-0.25, -0.2) is 19.8 Å². The lowest BCUT2D eigenvalue weighted by molar-refractivity contribution is -0.0269. The second kappa shape index (κ2) is 9.45. The van der Waals surface area contributed by atoms with Crippen molar-refractivity contribution in [1.29, 1.82) is 0 Å². The van der Waals surface area contributed by atoms with Crippen molar-refractivity contribution >= 4 is 39.6 Å². The molecule has 0 spiro atoms. The Labute approximate surface area is 213 Å². The van der Waals surface area contributed by atoms with Crippen molar-refractivity contribution in [2.45, 2.75) is 26.3 Å². The number of rotatable bonds is 5. The number of amides is 2. The molecule has 2 amide bonds. The molecule has 1 N–H and O–H groups in total. The zero-order chi connectivity index (χ0) is 25.5. The number of amidine groups is 1. The Hall–Kier alpha value is -4.02. The number of carbonyl (C=O) groups excluding carboxylic acids is 1. The van der Waals surface area contributed by atoms with Gasteiger partial charge >= 0.3 is 6.03 Å². The van der Waals surface area contributed by atoms with Crippen LogP contribution in [0.1, 0.15) is 30.5 Å². The molecule has 6 rings (SSSR count). The molecule has 0 aliphatic carbocycles. The summed E-state index contributed by atoms with van der Waals surface area (Å²) in [4.78, 5) is 42.0. The van der Waals surface area contributed by atoms with Crippen molar-refractivity contribution in [3.8, 4) is 0 Å². The molecule has 4 aromatic rings. The lowest BCUT2D eigenvalue weighted by atomic mass is 10.0. The lowest BCUT2D eigenvalue weighted by Crippen LogP contribution is -2.52. The molecule has 2 fully saturated rings. The number of aliphatic imine (C=N–C) groups is 1. The second-order valence-electron chi connectivity index (χ2n) is 9.30. The molecule has 2 aliphatic heterocycles. The molecule has 10 nitrogen and oxygen atoms in total. The van der Waals surface area contributed by atoms with Gasteiger partial charge < -0.3 is 14.1 Å². The summed E-state index contributed by atoms with van der Waals surface area (Å²) in [5, 5.41) is 4.06. The number of benzene rings is 2. The average molecular weight is 501 g/mol. The van der Waals surface area contributed by atoms with Gasteiger partial charge in [0.25, 0.3) is 0 Å². The third kappa shape index (κ3) is 3.98. The van der Waals surface area contributed by atoms with E-state index in [1.807, 2.05) is 49.2 Å². The summed E-state index contributed by atoms with van der Waals surface area (Å²) in [6.07, 6.45) is 3.89. The Balaban J connectivity index is 1.57. The summed E-state index contributed by atoms with van der Waals surface area (Å²) in [6.45, 7) is 6.59. The van der Waals surface area contributed by atoms with Gasteiger partial charge in [0.15, 0.2) is 11.3 Å². The number of fused-ring (bicyclic) bond motifs is 2. The Kier molecular flexibility index (Phi) is 5.97. The molecule has 2 aromatic heterocycles. The monoisotopic (exact) mass is 500 g/mol. The molecular weight excluding hydrogens is 472 g/mol. The smallest absolute Gasteiger partial charge is 0.345 e. The van der Waals surface area contributed by atoms with Gasteiger partial charge in [0.05, 0.1) is 41.5 Å². The molecule has 0 bridgehead atoms. The van der Waals surface area contributed by atoms with Gasteiger partial charge in [-0.05, 0) is 43.7 Å². The van der Waals surface area contributed by atoms with Gasteiger partial charge in [0.1, 0.15) is 17.9 Å². The Morgan fingerprint density at radius 2 is 1.97 bits per heavy atom. The van der Waals surface area contributed by atoms with E-state index in [4.69, 9.17) is 14.1 Å². The van der Waals surface area contributed by atoms with E-state index in [9.17, 15) is 9.59 Å². The van der Waals surface area contributed by atoms with Crippen LogP contribution < -0.4 is 10.3 Å². The zero-order valence-electron chi connectivity index (χ0n) is 20.8. The minimum absolute atomic E-state index is 0.177. The van der Waals surface area contributed by atoms with E-state index in [0.717, 1.165) is 23.0 Å². The van der Waals surface area contributed by atoms with Crippen LogP contribution in [0.2, 0.25) is 0 Å². The maximum atomic E-state index is 14.2. The first kappa shape index (κ1) is 23.4. The number of nitrogens with zero attached hydrogens (tertiary/aromatic N) is 5. The maximum Gasteiger partial charge on any atom is 0.345 e. The van der Waals surface area contributed by atoms with E-state index in [1.165, 1.54) is 6.26 Å². The van der Waals surface area contributed by atoms with E-state index >= 15 is 0 Å². The number of ether oxygens (including phenoxy) is 1. The van der Waals surface area contributed by atoms with E-state index in [-0.39, 0.29) is 11.5 Å². The first-order valence-electron chi connectivity index (χ1n) is 12.5. The molecule has 0 radical (unpaired) electrons. The van der Waals surface area contributed by atoms with Crippen LogP contribution in [0, 0.1) is 6.92 Å². The van der Waals surface area contributed by atoms with Crippen molar-refractivity contribution in [2.24, 2.45) is 4.99 Å². The Morgan fingerprint density at radius 3 is 2.78 bits per heavy atom. The van der Waals surface area contributed by atoms with Crippen molar-refractivity contribution in [3.63, 3.8) is 0 Å². The summed E-state index contributed by atoms with van der Waals surface area (Å²) in [6, 6.07) is 10.1. The number of imidazole rings is 1. The van der Waals surface area contributed by atoms with Crippen LogP contribution in [0.5, 0.6) is 0 Å². The summed E-state index contributed by atoms with van der Waals surface area (Å²) in [5.41, 5.74) is 3.86. The van der Waals surface area contributed by atoms with Gasteiger partial charge in [-0.1, -0.05) is 18.6 Å². The van der Waals surface area contributed by atoms with Crippen molar-refractivity contribution in [1.82, 2.24) is 20.0 Å². The lowest BCUT2D eigenvalue weighted by Gasteiger charge is -2.34. The Morgan fingerprint density at radius 1 is 1.14 bits per heavy atom. The minimum atomic E-state index is -0.761. The van der Waals surface area contributed by atoms with Crippen LogP contribution in [-0.2, 0) is 4.74 Å². The standard InChI is InChI=1S/C27H28N6O4/c1-3-8-28-26-24(20-15-37-23-7-4-17(2)13-19(23)25(20)34)32(18-5-6-21-22(14-18)30-16-29-21)27(35)33(26)31-9-11-36-12-10-31/h4-7,13-16,24H,3,8-12H2,1-2H3,(H,29,30). The van der Waals surface area contributed by atoms with Crippen molar-refractivity contribution in [2.75, 3.05) is 37.7 Å². The number of morpholine rings is 1. The molecule has 190 valence electrons. The molecule has 10 heteroatoms. The van der Waals surface area contributed by atoms with E-state index < -0.39 is 6.04 Å². The molecular formula is C27H28N6O4. The van der Waals surface area contributed by atoms with E-state index in [0.29, 0.717) is 60.9 Å². The largest absolute Gasteiger partial charge is 0.464 e. The molecule has 2 saturated heterocycles. The number of aromatic amines is 1. The van der Waals surface area contributed by atoms with Crippen LogP contribution in [-0.4, -0.2) is 64.7 Å². The molecule has 1 unspecified atom stereocenters. The first-order valence-corrected chi connectivity index (χ1v) is 12.5. The zero-order valence-corrected chi connectivity index (χ0v) is 20.8. The SMILES string of the molecule is CCCN=C1C(c2coc3ccc(C)cc3c2=O)N(c2ccc3nc[nH]c3c2)C(=O)N1N1CCOCC1. The number of hydrogen-bond acceptors (Lipinski definition) is 7. The highest BCUT2D eigenvalue weighted by molar-refractivity contribution is 6.16. The number of anilines is 1. The quantitative estimate of drug-likeness (QED) is 0.444. The summed E-state index contributed by atoms with van der Waals surface area (Å²) in [5.74, 6) is 0.512. The van der Waals surface area contributed by atoms with E-state index in [1.54, 1.807) is 22.3 Å². The highest BCUT2D eigenvalue weighted by Crippen LogP contribution is 2.38. The maximum absolute atomic E-state index is 14.2. The van der Waals surface area contributed by atoms with E-state index in [2.05, 4.69) is 9.97 Å². The third-order valence-corrected chi connectivity index (χ3v) is 6.81. The molecule has 2 aliphatic rings. The number of H-pyrrole nitrogens is 1. The number of aromatic nitrogens is 2. The highest BCUT2D eigenvalue weighted by Gasteiger charge is 2.49. The normalized spacial score (nSPS) is 20.1. The van der Waals surface area contributed by atoms with Gasteiger partial charge in [0.2, 0.25) is 0 Å². The van der Waals surface area contributed by atoms with Gasteiger partial charge in [-0.2, -0.15) is 0 Å². The minimum Gasteiger partial charge on any atom is -0.464 e. The van der Waals surface area contributed by atoms with Crippen molar-refractivity contribution in [3.05, 3.63) is 70.3 Å². The molecule has 0 saturated carbocycles. The summed E-state index contributed by atoms with van der Waals surface area (Å²) >= 11 is 0. The van der Waals surface area contributed by atoms with Crippen LogP contribution in [0.15, 0.2) is 63.2 Å². The number of carbonyl (C=O) groups is 1. The fourth-order valence-corrected chi connectivity index (χ4v) is 5.00. The fraction of sp³-hybridized carbons (Fsp3) is 0.333. The van der Waals surface area contributed by atoms with Gasteiger partial charge in [0, 0.05) is 25.3 Å². The number of aryl methyl sites for hydroxylation is 1. The van der Waals surface area contributed by atoms with Crippen LogP contribution >= 0.6 is 0 Å². The molecule has 4 heterocycles. The van der Waals surface area contributed by atoms with Gasteiger partial charge in [-0.15, -0.1) is 0 Å². The summed E-state index contributed by atoms with van der Waals surface area (Å²) in [7, 11) is 0. The van der Waals surface area contributed by atoms with Crippen molar-refractivity contribution < 1.29 is 13.9 Å². The number of nitrogens with one attached hydrogen (secondary N) is 1. The highest BCUT2D eigenvalue weighted by atomic mass is 16.5. The number of hydrogen-bond donors (Lipinski definition) is 1. The summed E-state index contributed by atoms with van der Waals surface area (Å²) < 4.78 is 11.5. The first-order chi connectivity index (χ1) is 18.1. The average Bonchev–Trinajstić information content (AvgIpc) is 3.50. The van der Waals surface area contributed by atoms with Gasteiger partial charge in [-0.3, -0.25) is 14.7 Å². The topological polar surface area (TPSA) is 107 Å².